The van der Waals surface area contributed by atoms with Crippen LogP contribution in [0.15, 0.2) is 18.2 Å². The summed E-state index contributed by atoms with van der Waals surface area (Å²) in [7, 11) is -3.76. The van der Waals surface area contributed by atoms with Gasteiger partial charge in [-0.05, 0) is 18.6 Å². The Balaban J connectivity index is 2.88. The molecule has 0 aliphatic rings. The second kappa shape index (κ2) is 5.45. The van der Waals surface area contributed by atoms with E-state index in [1.165, 1.54) is 0 Å². The highest BCUT2D eigenvalue weighted by Crippen LogP contribution is 2.19. The van der Waals surface area contributed by atoms with Gasteiger partial charge in [-0.15, -0.1) is 11.6 Å². The lowest BCUT2D eigenvalue weighted by Gasteiger charge is -2.08. The Bertz CT molecular complexity index is 444. The molecule has 1 rings (SSSR count). The molecule has 3 nitrogen and oxygen atoms in total. The van der Waals surface area contributed by atoms with Crippen molar-refractivity contribution < 1.29 is 17.2 Å². The molecule has 0 aliphatic carbocycles. The lowest BCUT2D eigenvalue weighted by Crippen LogP contribution is -2.18. The Labute approximate surface area is 97.5 Å². The van der Waals surface area contributed by atoms with Crippen LogP contribution in [0.4, 0.5) is 14.5 Å². The van der Waals surface area contributed by atoms with E-state index in [0.29, 0.717) is 0 Å². The Morgan fingerprint density at radius 3 is 2.31 bits per heavy atom. The number of hydrogen-bond donors (Lipinski definition) is 1. The number of rotatable bonds is 5. The normalized spacial score (nSPS) is 11.4. The van der Waals surface area contributed by atoms with Gasteiger partial charge in [0.25, 0.3) is 0 Å². The third kappa shape index (κ3) is 3.61. The van der Waals surface area contributed by atoms with Gasteiger partial charge >= 0.3 is 0 Å². The first kappa shape index (κ1) is 13.2. The van der Waals surface area contributed by atoms with Crippen LogP contribution in [0.2, 0.25) is 0 Å². The van der Waals surface area contributed by atoms with E-state index in [-0.39, 0.29) is 18.1 Å². The minimum atomic E-state index is -3.76. The number of benzene rings is 1. The minimum Gasteiger partial charge on any atom is -0.278 e. The number of anilines is 1. The van der Waals surface area contributed by atoms with Crippen LogP contribution in [-0.4, -0.2) is 20.1 Å². The Hall–Kier alpha value is -0.880. The van der Waals surface area contributed by atoms with Crippen LogP contribution < -0.4 is 4.72 Å². The summed E-state index contributed by atoms with van der Waals surface area (Å²) in [5.74, 6) is -2.01. The molecule has 1 aromatic rings. The predicted molar refractivity (Wildman–Crippen MR) is 59.1 cm³/mol. The summed E-state index contributed by atoms with van der Waals surface area (Å²) in [6.45, 7) is 0. The molecule has 0 fully saturated rings. The first-order chi connectivity index (χ1) is 7.46. The minimum absolute atomic E-state index is 0.167. The molecule has 0 amide bonds. The lowest BCUT2D eigenvalue weighted by molar-refractivity contribution is 0.582. The first-order valence-electron chi connectivity index (χ1n) is 4.47. The molecule has 0 atom stereocenters. The average molecular weight is 270 g/mol. The number of halogens is 3. The molecule has 90 valence electrons. The summed E-state index contributed by atoms with van der Waals surface area (Å²) in [4.78, 5) is 0. The van der Waals surface area contributed by atoms with Crippen molar-refractivity contribution in [3.63, 3.8) is 0 Å². The van der Waals surface area contributed by atoms with Crippen LogP contribution in [0.5, 0.6) is 0 Å². The summed E-state index contributed by atoms with van der Waals surface area (Å²) in [5, 5.41) is 0. The van der Waals surface area contributed by atoms with Gasteiger partial charge in [0.1, 0.15) is 17.3 Å². The predicted octanol–water partition coefficient (Wildman–Crippen LogP) is 2.34. The van der Waals surface area contributed by atoms with Crippen LogP contribution in [0, 0.1) is 11.6 Å². The van der Waals surface area contributed by atoms with Gasteiger partial charge in [-0.2, -0.15) is 0 Å². The quantitative estimate of drug-likeness (QED) is 0.834. The van der Waals surface area contributed by atoms with E-state index < -0.39 is 27.3 Å². The van der Waals surface area contributed by atoms with E-state index in [9.17, 15) is 17.2 Å². The van der Waals surface area contributed by atoms with Crippen molar-refractivity contribution in [3.05, 3.63) is 29.8 Å². The van der Waals surface area contributed by atoms with Gasteiger partial charge in [-0.3, -0.25) is 4.72 Å². The van der Waals surface area contributed by atoms with E-state index >= 15 is 0 Å². The molecule has 0 saturated heterocycles. The molecule has 0 spiro atoms. The zero-order valence-corrected chi connectivity index (χ0v) is 9.78. The zero-order chi connectivity index (χ0) is 12.2. The maximum atomic E-state index is 13.1. The molecule has 0 radical (unpaired) electrons. The van der Waals surface area contributed by atoms with Gasteiger partial charge in [0.15, 0.2) is 0 Å². The highest BCUT2D eigenvalue weighted by Gasteiger charge is 2.15. The third-order valence-corrected chi connectivity index (χ3v) is 3.38. The monoisotopic (exact) mass is 269 g/mol. The van der Waals surface area contributed by atoms with Crippen molar-refractivity contribution in [2.75, 3.05) is 16.4 Å². The molecule has 0 aliphatic heterocycles. The van der Waals surface area contributed by atoms with E-state index in [0.717, 1.165) is 18.2 Å². The van der Waals surface area contributed by atoms with Crippen molar-refractivity contribution in [3.8, 4) is 0 Å². The van der Waals surface area contributed by atoms with Crippen LogP contribution in [0.3, 0.4) is 0 Å². The molecule has 1 aromatic carbocycles. The maximum Gasteiger partial charge on any atom is 0.232 e. The zero-order valence-electron chi connectivity index (χ0n) is 8.21. The van der Waals surface area contributed by atoms with Crippen molar-refractivity contribution in [1.29, 1.82) is 0 Å². The Morgan fingerprint density at radius 2 is 1.81 bits per heavy atom. The van der Waals surface area contributed by atoms with Gasteiger partial charge in [0.2, 0.25) is 10.0 Å². The topological polar surface area (TPSA) is 46.2 Å². The first-order valence-corrected chi connectivity index (χ1v) is 6.65. The highest BCUT2D eigenvalue weighted by atomic mass is 35.5. The second-order valence-corrected chi connectivity index (χ2v) is 5.28. The smallest absolute Gasteiger partial charge is 0.232 e. The van der Waals surface area contributed by atoms with Crippen LogP contribution in [0.25, 0.3) is 0 Å². The lowest BCUT2D eigenvalue weighted by atomic mass is 10.3. The summed E-state index contributed by atoms with van der Waals surface area (Å²) >= 11 is 5.33. The van der Waals surface area contributed by atoms with Crippen molar-refractivity contribution in [2.24, 2.45) is 0 Å². The van der Waals surface area contributed by atoms with Gasteiger partial charge in [-0.1, -0.05) is 6.07 Å². The molecule has 7 heteroatoms. The molecule has 0 heterocycles. The van der Waals surface area contributed by atoms with Crippen molar-refractivity contribution in [1.82, 2.24) is 0 Å². The molecule has 0 saturated carbocycles. The maximum absolute atomic E-state index is 13.1. The molecule has 0 unspecified atom stereocenters. The Kier molecular flexibility index (Phi) is 4.49. The van der Waals surface area contributed by atoms with Crippen LogP contribution >= 0.6 is 11.6 Å². The fourth-order valence-electron chi connectivity index (χ4n) is 1.05. The largest absolute Gasteiger partial charge is 0.278 e. The van der Waals surface area contributed by atoms with Crippen LogP contribution in [0.1, 0.15) is 6.42 Å². The summed E-state index contributed by atoms with van der Waals surface area (Å²) in [6, 6.07) is 3.10. The van der Waals surface area contributed by atoms with E-state index in [1.807, 2.05) is 4.72 Å². The second-order valence-electron chi connectivity index (χ2n) is 3.06. The third-order valence-electron chi connectivity index (χ3n) is 1.77. The summed E-state index contributed by atoms with van der Waals surface area (Å²) < 4.78 is 50.8. The van der Waals surface area contributed by atoms with Crippen LogP contribution in [-0.2, 0) is 10.0 Å². The molecule has 0 aromatic heterocycles. The fraction of sp³-hybridized carbons (Fsp3) is 0.333. The van der Waals surface area contributed by atoms with Gasteiger partial charge in [0, 0.05) is 5.88 Å². The van der Waals surface area contributed by atoms with E-state index in [2.05, 4.69) is 0 Å². The number of sulfonamides is 1. The fourth-order valence-corrected chi connectivity index (χ4v) is 2.47. The molecular weight excluding hydrogens is 260 g/mol. The van der Waals surface area contributed by atoms with Gasteiger partial charge < -0.3 is 0 Å². The SMILES string of the molecule is O=S(=O)(CCCCl)Nc1c(F)cccc1F. The van der Waals surface area contributed by atoms with E-state index in [4.69, 9.17) is 11.6 Å². The van der Waals surface area contributed by atoms with Crippen molar-refractivity contribution >= 4 is 27.3 Å². The average Bonchev–Trinajstić information content (AvgIpc) is 2.21. The number of nitrogens with one attached hydrogen (secondary N) is 1. The molecule has 1 N–H and O–H groups in total. The van der Waals surface area contributed by atoms with Gasteiger partial charge in [-0.25, -0.2) is 17.2 Å². The molecule has 16 heavy (non-hydrogen) atoms. The Morgan fingerprint density at radius 1 is 1.25 bits per heavy atom. The highest BCUT2D eigenvalue weighted by molar-refractivity contribution is 7.92. The van der Waals surface area contributed by atoms with Crippen molar-refractivity contribution in [2.45, 2.75) is 6.42 Å². The molecular formula is C9H10ClF2NO2S. The van der Waals surface area contributed by atoms with E-state index in [1.54, 1.807) is 0 Å². The van der Waals surface area contributed by atoms with Gasteiger partial charge in [0.05, 0.1) is 5.75 Å². The summed E-state index contributed by atoms with van der Waals surface area (Å²) in [6.07, 6.45) is 0.215. The standard InChI is InChI=1S/C9H10ClF2NO2S/c10-5-2-6-16(14,15)13-9-7(11)3-1-4-8(9)12/h1,3-4,13H,2,5-6H2. The number of hydrogen-bond acceptors (Lipinski definition) is 2. The number of alkyl halides is 1. The number of para-hydroxylation sites is 1. The summed E-state index contributed by atoms with van der Waals surface area (Å²) in [5.41, 5.74) is -0.655. The molecule has 0 bridgehead atoms.